The Kier molecular flexibility index (Phi) is 4.65. The maximum absolute atomic E-state index is 6.76. The highest BCUT2D eigenvalue weighted by Gasteiger charge is 2.23. The number of fused-ring (bicyclic) bond motifs is 4. The molecule has 0 fully saturated rings. The van der Waals surface area contributed by atoms with Crippen LogP contribution < -0.4 is 10.6 Å². The molecule has 7 rings (SSSR count). The molecule has 0 saturated carbocycles. The molecule has 0 spiro atoms. The maximum Gasteiger partial charge on any atom is 0.0620 e. The van der Waals surface area contributed by atoms with Crippen molar-refractivity contribution >= 4 is 65.8 Å². The molecule has 2 nitrogen and oxygen atoms in total. The van der Waals surface area contributed by atoms with Crippen molar-refractivity contribution < 1.29 is 0 Å². The summed E-state index contributed by atoms with van der Waals surface area (Å²) in [4.78, 5) is 2.44. The number of hydrogen-bond donors (Lipinski definition) is 1. The number of benzene rings is 7. The monoisotopic (exact) mass is 460 g/mol. The van der Waals surface area contributed by atoms with Gasteiger partial charge in [0.05, 0.1) is 17.1 Å². The largest absolute Gasteiger partial charge is 0.398 e. The minimum absolute atomic E-state index is 0.820. The van der Waals surface area contributed by atoms with E-state index in [2.05, 4.69) is 138 Å². The van der Waals surface area contributed by atoms with Crippen molar-refractivity contribution in [3.05, 3.63) is 133 Å². The second-order valence-electron chi connectivity index (χ2n) is 9.19. The summed E-state index contributed by atoms with van der Waals surface area (Å²) < 4.78 is 0. The minimum Gasteiger partial charge on any atom is -0.398 e. The second kappa shape index (κ2) is 8.14. The third kappa shape index (κ3) is 3.05. The van der Waals surface area contributed by atoms with E-state index < -0.39 is 0 Å². The number of nitrogens with two attached hydrogens (primary N) is 1. The van der Waals surface area contributed by atoms with Crippen LogP contribution in [0.3, 0.4) is 0 Å². The molecule has 0 unspecified atom stereocenters. The molecule has 0 aliphatic heterocycles. The zero-order chi connectivity index (χ0) is 24.1. The predicted octanol–water partition coefficient (Wildman–Crippen LogP) is 9.35. The quantitative estimate of drug-likeness (QED) is 0.162. The Bertz CT molecular complexity index is 1770. The van der Waals surface area contributed by atoms with Crippen molar-refractivity contribution in [3.63, 3.8) is 0 Å². The van der Waals surface area contributed by atoms with Gasteiger partial charge in [0, 0.05) is 38.0 Å². The summed E-state index contributed by atoms with van der Waals surface area (Å²) in [5, 5.41) is 9.24. The van der Waals surface area contributed by atoms with E-state index in [4.69, 9.17) is 5.73 Å². The van der Waals surface area contributed by atoms with Crippen molar-refractivity contribution in [3.8, 4) is 0 Å². The van der Waals surface area contributed by atoms with Crippen molar-refractivity contribution in [1.82, 2.24) is 0 Å². The van der Waals surface area contributed by atoms with Gasteiger partial charge in [-0.1, -0.05) is 121 Å². The molecule has 0 bridgehead atoms. The van der Waals surface area contributed by atoms with E-state index in [-0.39, 0.29) is 0 Å². The second-order valence-corrected chi connectivity index (χ2v) is 9.19. The van der Waals surface area contributed by atoms with E-state index >= 15 is 0 Å². The smallest absolute Gasteiger partial charge is 0.0620 e. The van der Waals surface area contributed by atoms with Gasteiger partial charge >= 0.3 is 0 Å². The molecule has 2 heteroatoms. The lowest BCUT2D eigenvalue weighted by atomic mass is 9.96. The Morgan fingerprint density at radius 2 is 0.722 bits per heavy atom. The molecule has 0 aromatic heterocycles. The molecule has 0 aliphatic rings. The van der Waals surface area contributed by atoms with E-state index in [1.165, 1.54) is 21.5 Å². The van der Waals surface area contributed by atoms with E-state index in [0.29, 0.717) is 0 Å². The number of anilines is 4. The standard InChI is InChI=1S/C34H24N2/c35-33-27-17-5-7-19-29(27)34(30-20-8-6-18-28(30)33)36(31-21-9-13-23-11-1-3-15-25(23)31)32-22-10-14-24-12-2-4-16-26(24)32/h1-22H,35H2. The van der Waals surface area contributed by atoms with Crippen LogP contribution in [0.4, 0.5) is 22.7 Å². The molecule has 7 aromatic carbocycles. The van der Waals surface area contributed by atoms with E-state index in [1.54, 1.807) is 0 Å². The van der Waals surface area contributed by atoms with E-state index in [1.807, 2.05) is 0 Å². The zero-order valence-electron chi connectivity index (χ0n) is 19.7. The first-order valence-corrected chi connectivity index (χ1v) is 12.3. The predicted molar refractivity (Wildman–Crippen MR) is 156 cm³/mol. The van der Waals surface area contributed by atoms with Crippen LogP contribution in [-0.2, 0) is 0 Å². The first-order chi connectivity index (χ1) is 17.8. The van der Waals surface area contributed by atoms with Crippen molar-refractivity contribution in [2.45, 2.75) is 0 Å². The summed E-state index contributed by atoms with van der Waals surface area (Å²) in [5.41, 5.74) is 11.0. The third-order valence-electron chi connectivity index (χ3n) is 7.18. The highest BCUT2D eigenvalue weighted by Crippen LogP contribution is 2.49. The molecule has 0 aliphatic carbocycles. The maximum atomic E-state index is 6.76. The average molecular weight is 461 g/mol. The third-order valence-corrected chi connectivity index (χ3v) is 7.18. The Balaban J connectivity index is 1.71. The van der Waals surface area contributed by atoms with Crippen LogP contribution in [0.2, 0.25) is 0 Å². The Morgan fingerprint density at radius 3 is 1.19 bits per heavy atom. The SMILES string of the molecule is Nc1c2ccccc2c(N(c2cccc3ccccc23)c2cccc3ccccc23)c2ccccc12. The van der Waals surface area contributed by atoms with Crippen molar-refractivity contribution in [2.24, 2.45) is 0 Å². The average Bonchev–Trinajstić information content (AvgIpc) is 2.95. The molecule has 36 heavy (non-hydrogen) atoms. The number of nitrogens with zero attached hydrogens (tertiary/aromatic N) is 1. The molecule has 0 amide bonds. The summed E-state index contributed by atoms with van der Waals surface area (Å²) in [6, 6.07) is 47.3. The van der Waals surface area contributed by atoms with E-state index in [9.17, 15) is 0 Å². The van der Waals surface area contributed by atoms with Crippen molar-refractivity contribution in [1.29, 1.82) is 0 Å². The van der Waals surface area contributed by atoms with Crippen LogP contribution in [0.25, 0.3) is 43.1 Å². The van der Waals surface area contributed by atoms with Gasteiger partial charge in [-0.3, -0.25) is 0 Å². The van der Waals surface area contributed by atoms with Gasteiger partial charge in [-0.15, -0.1) is 0 Å². The van der Waals surface area contributed by atoms with Gasteiger partial charge < -0.3 is 10.6 Å². The van der Waals surface area contributed by atoms with Crippen LogP contribution in [0.15, 0.2) is 133 Å². The van der Waals surface area contributed by atoms with Crippen LogP contribution in [0.1, 0.15) is 0 Å². The molecule has 0 radical (unpaired) electrons. The van der Waals surface area contributed by atoms with Crippen LogP contribution in [0, 0.1) is 0 Å². The molecule has 2 N–H and O–H groups in total. The topological polar surface area (TPSA) is 29.3 Å². The number of nitrogen functional groups attached to an aromatic ring is 1. The van der Waals surface area contributed by atoms with Gasteiger partial charge in [-0.25, -0.2) is 0 Å². The van der Waals surface area contributed by atoms with Gasteiger partial charge in [-0.05, 0) is 22.9 Å². The zero-order valence-corrected chi connectivity index (χ0v) is 19.7. The summed E-state index contributed by atoms with van der Waals surface area (Å²) in [6.45, 7) is 0. The number of hydrogen-bond acceptors (Lipinski definition) is 2. The fraction of sp³-hybridized carbons (Fsp3) is 0. The normalized spacial score (nSPS) is 11.4. The summed E-state index contributed by atoms with van der Waals surface area (Å²) in [7, 11) is 0. The van der Waals surface area contributed by atoms with Gasteiger partial charge in [0.25, 0.3) is 0 Å². The minimum atomic E-state index is 0.820. The van der Waals surface area contributed by atoms with Crippen LogP contribution in [-0.4, -0.2) is 0 Å². The number of rotatable bonds is 3. The summed E-state index contributed by atoms with van der Waals surface area (Å²) in [6.07, 6.45) is 0. The van der Waals surface area contributed by atoms with Gasteiger partial charge in [0.15, 0.2) is 0 Å². The van der Waals surface area contributed by atoms with Gasteiger partial charge in [0.1, 0.15) is 0 Å². The molecule has 0 saturated heterocycles. The summed E-state index contributed by atoms with van der Waals surface area (Å²) >= 11 is 0. The lowest BCUT2D eigenvalue weighted by Crippen LogP contribution is -2.12. The van der Waals surface area contributed by atoms with Gasteiger partial charge in [-0.2, -0.15) is 0 Å². The lowest BCUT2D eigenvalue weighted by Gasteiger charge is -2.31. The van der Waals surface area contributed by atoms with Crippen LogP contribution in [0.5, 0.6) is 0 Å². The van der Waals surface area contributed by atoms with E-state index in [0.717, 1.165) is 44.3 Å². The molecule has 0 atom stereocenters. The molecular weight excluding hydrogens is 436 g/mol. The highest BCUT2D eigenvalue weighted by molar-refractivity contribution is 6.22. The first kappa shape index (κ1) is 20.5. The summed E-state index contributed by atoms with van der Waals surface area (Å²) in [5.74, 6) is 0. The Hall–Kier alpha value is -4.82. The van der Waals surface area contributed by atoms with Crippen molar-refractivity contribution in [2.75, 3.05) is 10.6 Å². The fourth-order valence-electron chi connectivity index (χ4n) is 5.56. The van der Waals surface area contributed by atoms with Gasteiger partial charge in [0.2, 0.25) is 0 Å². The van der Waals surface area contributed by atoms with Crippen LogP contribution >= 0.6 is 0 Å². The fourth-order valence-corrected chi connectivity index (χ4v) is 5.56. The molecule has 170 valence electrons. The molecule has 7 aromatic rings. The Labute approximate surface area is 209 Å². The molecule has 0 heterocycles. The lowest BCUT2D eigenvalue weighted by molar-refractivity contribution is 1.34. The first-order valence-electron chi connectivity index (χ1n) is 12.3. The highest BCUT2D eigenvalue weighted by atomic mass is 15.1. The molecular formula is C34H24N2. The Morgan fingerprint density at radius 1 is 0.361 bits per heavy atom.